The Morgan fingerprint density at radius 2 is 2.36 bits per heavy atom. The Labute approximate surface area is 65.5 Å². The van der Waals surface area contributed by atoms with Crippen LogP contribution in [-0.4, -0.2) is 9.38 Å². The van der Waals surface area contributed by atoms with Crippen LogP contribution >= 0.6 is 0 Å². The van der Waals surface area contributed by atoms with Crippen molar-refractivity contribution in [3.8, 4) is 0 Å². The standard InChI is InChI=1S/C9H10N2/c1-2-8-4-3-6-11-7-5-10-9(8)11/h3-7H,2H2,1H3. The summed E-state index contributed by atoms with van der Waals surface area (Å²) in [6, 6.07) is 4.16. The fraction of sp³-hybridized carbons (Fsp3) is 0.222. The number of rotatable bonds is 1. The van der Waals surface area contributed by atoms with Gasteiger partial charge in [-0.3, -0.25) is 0 Å². The summed E-state index contributed by atoms with van der Waals surface area (Å²) in [5.74, 6) is 0. The molecule has 0 atom stereocenters. The number of hydrogen-bond acceptors (Lipinski definition) is 1. The van der Waals surface area contributed by atoms with Crippen molar-refractivity contribution >= 4 is 5.65 Å². The first-order valence-electron chi connectivity index (χ1n) is 3.82. The van der Waals surface area contributed by atoms with Crippen LogP contribution in [-0.2, 0) is 6.42 Å². The summed E-state index contributed by atoms with van der Waals surface area (Å²) in [6.07, 6.45) is 6.85. The average molecular weight is 146 g/mol. The van der Waals surface area contributed by atoms with Crippen molar-refractivity contribution in [2.75, 3.05) is 0 Å². The van der Waals surface area contributed by atoms with E-state index < -0.39 is 0 Å². The number of fused-ring (bicyclic) bond motifs is 1. The third-order valence-corrected chi connectivity index (χ3v) is 1.88. The van der Waals surface area contributed by atoms with Crippen LogP contribution < -0.4 is 0 Å². The average Bonchev–Trinajstić information content (AvgIpc) is 2.50. The Bertz CT molecular complexity index is 362. The van der Waals surface area contributed by atoms with E-state index in [9.17, 15) is 0 Å². The topological polar surface area (TPSA) is 17.3 Å². The molecule has 0 aliphatic carbocycles. The van der Waals surface area contributed by atoms with Gasteiger partial charge in [0.2, 0.25) is 0 Å². The molecule has 0 saturated heterocycles. The van der Waals surface area contributed by atoms with Gasteiger partial charge in [0, 0.05) is 18.6 Å². The van der Waals surface area contributed by atoms with E-state index in [1.807, 2.05) is 29.1 Å². The van der Waals surface area contributed by atoms with Crippen LogP contribution in [0, 0.1) is 0 Å². The largest absolute Gasteiger partial charge is 0.307 e. The molecule has 0 spiro atoms. The van der Waals surface area contributed by atoms with Gasteiger partial charge in [0.05, 0.1) is 0 Å². The highest BCUT2D eigenvalue weighted by atomic mass is 15.0. The van der Waals surface area contributed by atoms with E-state index in [2.05, 4.69) is 18.0 Å². The molecule has 0 fully saturated rings. The summed E-state index contributed by atoms with van der Waals surface area (Å²) in [4.78, 5) is 4.25. The van der Waals surface area contributed by atoms with Gasteiger partial charge in [0.25, 0.3) is 0 Å². The summed E-state index contributed by atoms with van der Waals surface area (Å²) in [6.45, 7) is 2.14. The van der Waals surface area contributed by atoms with Gasteiger partial charge < -0.3 is 4.40 Å². The lowest BCUT2D eigenvalue weighted by Gasteiger charge is -1.97. The zero-order valence-electron chi connectivity index (χ0n) is 6.49. The molecule has 0 aliphatic heterocycles. The maximum atomic E-state index is 4.25. The predicted molar refractivity (Wildman–Crippen MR) is 44.6 cm³/mol. The zero-order valence-corrected chi connectivity index (χ0v) is 6.49. The van der Waals surface area contributed by atoms with Crippen LogP contribution in [0.3, 0.4) is 0 Å². The third kappa shape index (κ3) is 0.909. The minimum Gasteiger partial charge on any atom is -0.307 e. The molecule has 0 saturated carbocycles. The molecule has 2 heterocycles. The van der Waals surface area contributed by atoms with Crippen molar-refractivity contribution < 1.29 is 0 Å². The van der Waals surface area contributed by atoms with E-state index in [4.69, 9.17) is 0 Å². The molecule has 2 aromatic rings. The van der Waals surface area contributed by atoms with Crippen LogP contribution in [0.15, 0.2) is 30.7 Å². The molecule has 2 rings (SSSR count). The Kier molecular flexibility index (Phi) is 1.39. The number of aromatic nitrogens is 2. The minimum absolute atomic E-state index is 1.04. The second kappa shape index (κ2) is 2.38. The van der Waals surface area contributed by atoms with E-state index in [1.165, 1.54) is 5.56 Å². The summed E-state index contributed by atoms with van der Waals surface area (Å²) in [7, 11) is 0. The maximum Gasteiger partial charge on any atom is 0.139 e. The molecule has 2 heteroatoms. The van der Waals surface area contributed by atoms with Gasteiger partial charge in [0.15, 0.2) is 0 Å². The molecule has 0 amide bonds. The normalized spacial score (nSPS) is 10.6. The highest BCUT2D eigenvalue weighted by Crippen LogP contribution is 2.07. The number of hydrogen-bond donors (Lipinski definition) is 0. The van der Waals surface area contributed by atoms with E-state index in [1.54, 1.807) is 0 Å². The first-order valence-corrected chi connectivity index (χ1v) is 3.82. The zero-order chi connectivity index (χ0) is 7.68. The maximum absolute atomic E-state index is 4.25. The summed E-state index contributed by atoms with van der Waals surface area (Å²) in [5.41, 5.74) is 2.38. The molecule has 2 nitrogen and oxygen atoms in total. The molecule has 0 radical (unpaired) electrons. The Morgan fingerprint density at radius 1 is 1.45 bits per heavy atom. The van der Waals surface area contributed by atoms with E-state index in [0.29, 0.717) is 0 Å². The molecule has 0 unspecified atom stereocenters. The molecule has 0 bridgehead atoms. The number of pyridine rings is 1. The molecule has 56 valence electrons. The fourth-order valence-electron chi connectivity index (χ4n) is 1.28. The third-order valence-electron chi connectivity index (χ3n) is 1.88. The van der Waals surface area contributed by atoms with Crippen LogP contribution in [0.5, 0.6) is 0 Å². The quantitative estimate of drug-likeness (QED) is 0.600. The van der Waals surface area contributed by atoms with E-state index in [-0.39, 0.29) is 0 Å². The van der Waals surface area contributed by atoms with Gasteiger partial charge >= 0.3 is 0 Å². The monoisotopic (exact) mass is 146 g/mol. The van der Waals surface area contributed by atoms with Crippen LogP contribution in [0.1, 0.15) is 12.5 Å². The molecular weight excluding hydrogens is 136 g/mol. The second-order valence-corrected chi connectivity index (χ2v) is 2.55. The fourth-order valence-corrected chi connectivity index (χ4v) is 1.28. The number of nitrogens with zero attached hydrogens (tertiary/aromatic N) is 2. The van der Waals surface area contributed by atoms with Gasteiger partial charge in [-0.15, -0.1) is 0 Å². The number of imidazole rings is 1. The lowest BCUT2D eigenvalue weighted by atomic mass is 10.2. The first-order chi connectivity index (χ1) is 5.42. The molecule has 0 aromatic carbocycles. The molecule has 0 aliphatic rings. The van der Waals surface area contributed by atoms with Crippen molar-refractivity contribution in [2.45, 2.75) is 13.3 Å². The minimum atomic E-state index is 1.04. The molecular formula is C9H10N2. The van der Waals surface area contributed by atoms with Gasteiger partial charge in [-0.25, -0.2) is 4.98 Å². The van der Waals surface area contributed by atoms with Crippen LogP contribution in [0.4, 0.5) is 0 Å². The van der Waals surface area contributed by atoms with Gasteiger partial charge in [-0.2, -0.15) is 0 Å². The first kappa shape index (κ1) is 6.40. The van der Waals surface area contributed by atoms with Crippen molar-refractivity contribution in [3.63, 3.8) is 0 Å². The molecule has 0 N–H and O–H groups in total. The van der Waals surface area contributed by atoms with E-state index in [0.717, 1.165) is 12.1 Å². The molecule has 11 heavy (non-hydrogen) atoms. The van der Waals surface area contributed by atoms with Crippen LogP contribution in [0.2, 0.25) is 0 Å². The van der Waals surface area contributed by atoms with Gasteiger partial charge in [0.1, 0.15) is 5.65 Å². The second-order valence-electron chi connectivity index (χ2n) is 2.55. The van der Waals surface area contributed by atoms with E-state index >= 15 is 0 Å². The van der Waals surface area contributed by atoms with Gasteiger partial charge in [-0.05, 0) is 18.1 Å². The van der Waals surface area contributed by atoms with Gasteiger partial charge in [-0.1, -0.05) is 13.0 Å². The Hall–Kier alpha value is -1.31. The SMILES string of the molecule is CCc1cccn2ccnc12. The Balaban J connectivity index is 2.79. The molecule has 2 aromatic heterocycles. The lowest BCUT2D eigenvalue weighted by Crippen LogP contribution is -1.88. The van der Waals surface area contributed by atoms with Crippen molar-refractivity contribution in [1.82, 2.24) is 9.38 Å². The van der Waals surface area contributed by atoms with Crippen molar-refractivity contribution in [2.24, 2.45) is 0 Å². The summed E-state index contributed by atoms with van der Waals surface area (Å²) in [5, 5.41) is 0. The smallest absolute Gasteiger partial charge is 0.139 e. The Morgan fingerprint density at radius 3 is 3.18 bits per heavy atom. The lowest BCUT2D eigenvalue weighted by molar-refractivity contribution is 1.08. The summed E-state index contributed by atoms with van der Waals surface area (Å²) < 4.78 is 2.04. The van der Waals surface area contributed by atoms with Crippen molar-refractivity contribution in [3.05, 3.63) is 36.3 Å². The highest BCUT2D eigenvalue weighted by Gasteiger charge is 1.97. The summed E-state index contributed by atoms with van der Waals surface area (Å²) >= 11 is 0. The highest BCUT2D eigenvalue weighted by molar-refractivity contribution is 5.47. The van der Waals surface area contributed by atoms with Crippen molar-refractivity contribution in [1.29, 1.82) is 0 Å². The van der Waals surface area contributed by atoms with Crippen LogP contribution in [0.25, 0.3) is 5.65 Å². The predicted octanol–water partition coefficient (Wildman–Crippen LogP) is 1.90. The number of aryl methyl sites for hydroxylation is 1.